The van der Waals surface area contributed by atoms with Crippen LogP contribution >= 0.6 is 0 Å². The van der Waals surface area contributed by atoms with Gasteiger partial charge in [0.15, 0.2) is 6.61 Å². The molecule has 25 heavy (non-hydrogen) atoms. The van der Waals surface area contributed by atoms with E-state index in [4.69, 9.17) is 9.15 Å². The summed E-state index contributed by atoms with van der Waals surface area (Å²) in [5, 5.41) is 10.7. The Labute approximate surface area is 145 Å². The average molecular weight is 337 g/mol. The van der Waals surface area contributed by atoms with Gasteiger partial charge in [0.2, 0.25) is 11.8 Å². The molecule has 0 unspecified atom stereocenters. The zero-order chi connectivity index (χ0) is 17.6. The molecule has 3 aromatic rings. The van der Waals surface area contributed by atoms with Crippen molar-refractivity contribution in [2.24, 2.45) is 0 Å². The van der Waals surface area contributed by atoms with Gasteiger partial charge in [-0.3, -0.25) is 4.79 Å². The summed E-state index contributed by atoms with van der Waals surface area (Å²) in [6.07, 6.45) is 0. The lowest BCUT2D eigenvalue weighted by molar-refractivity contribution is -0.123. The van der Waals surface area contributed by atoms with Crippen molar-refractivity contribution in [3.63, 3.8) is 0 Å². The van der Waals surface area contributed by atoms with E-state index in [0.29, 0.717) is 17.5 Å². The Morgan fingerprint density at radius 2 is 1.88 bits per heavy atom. The van der Waals surface area contributed by atoms with Crippen LogP contribution in [0.2, 0.25) is 0 Å². The van der Waals surface area contributed by atoms with Crippen LogP contribution < -0.4 is 10.1 Å². The van der Waals surface area contributed by atoms with Crippen LogP contribution in [-0.4, -0.2) is 22.7 Å². The Morgan fingerprint density at radius 1 is 1.08 bits per heavy atom. The molecule has 1 aromatic heterocycles. The van der Waals surface area contributed by atoms with Crippen LogP contribution in [-0.2, 0) is 11.3 Å². The predicted molar refractivity (Wildman–Crippen MR) is 93.0 cm³/mol. The Hall–Kier alpha value is -3.15. The van der Waals surface area contributed by atoms with E-state index in [-0.39, 0.29) is 19.1 Å². The van der Waals surface area contributed by atoms with Gasteiger partial charge in [-0.2, -0.15) is 0 Å². The van der Waals surface area contributed by atoms with Crippen LogP contribution in [0.5, 0.6) is 5.75 Å². The number of amides is 1. The number of hydrogen-bond donors (Lipinski definition) is 1. The predicted octanol–water partition coefficient (Wildman–Crippen LogP) is 3.05. The topological polar surface area (TPSA) is 77.2 Å². The maximum Gasteiger partial charge on any atom is 0.258 e. The molecular formula is C19H19N3O3. The third-order valence-electron chi connectivity index (χ3n) is 3.56. The van der Waals surface area contributed by atoms with Crippen molar-refractivity contribution >= 4 is 5.91 Å². The second-order valence-corrected chi connectivity index (χ2v) is 5.75. The highest BCUT2D eigenvalue weighted by molar-refractivity contribution is 5.77. The second kappa shape index (κ2) is 7.61. The largest absolute Gasteiger partial charge is 0.484 e. The lowest BCUT2D eigenvalue weighted by Crippen LogP contribution is -2.28. The molecule has 1 N–H and O–H groups in total. The zero-order valence-corrected chi connectivity index (χ0v) is 14.2. The first-order valence-electron chi connectivity index (χ1n) is 7.96. The van der Waals surface area contributed by atoms with E-state index < -0.39 is 0 Å². The van der Waals surface area contributed by atoms with Crippen LogP contribution in [0.25, 0.3) is 11.5 Å². The quantitative estimate of drug-likeness (QED) is 0.748. The summed E-state index contributed by atoms with van der Waals surface area (Å²) in [5.41, 5.74) is 3.10. The first kappa shape index (κ1) is 16.7. The summed E-state index contributed by atoms with van der Waals surface area (Å²) < 4.78 is 11.0. The van der Waals surface area contributed by atoms with Gasteiger partial charge in [-0.1, -0.05) is 35.4 Å². The Balaban J connectivity index is 1.50. The van der Waals surface area contributed by atoms with Gasteiger partial charge < -0.3 is 14.5 Å². The fourth-order valence-electron chi connectivity index (χ4n) is 2.23. The van der Waals surface area contributed by atoms with Crippen LogP contribution in [0.15, 0.2) is 52.9 Å². The van der Waals surface area contributed by atoms with Crippen molar-refractivity contribution in [1.29, 1.82) is 0 Å². The van der Waals surface area contributed by atoms with Crippen LogP contribution in [0.4, 0.5) is 0 Å². The van der Waals surface area contributed by atoms with E-state index in [1.807, 2.05) is 62.4 Å². The van der Waals surface area contributed by atoms with Gasteiger partial charge in [-0.05, 0) is 38.1 Å². The fraction of sp³-hybridized carbons (Fsp3) is 0.211. The van der Waals surface area contributed by atoms with E-state index in [1.165, 1.54) is 0 Å². The van der Waals surface area contributed by atoms with E-state index in [2.05, 4.69) is 15.5 Å². The van der Waals surface area contributed by atoms with Gasteiger partial charge >= 0.3 is 0 Å². The highest BCUT2D eigenvalue weighted by atomic mass is 16.5. The third-order valence-corrected chi connectivity index (χ3v) is 3.56. The number of aromatic nitrogens is 2. The van der Waals surface area contributed by atoms with Crippen LogP contribution in [0.3, 0.4) is 0 Å². The number of hydrogen-bond acceptors (Lipinski definition) is 5. The van der Waals surface area contributed by atoms with Crippen LogP contribution in [0.1, 0.15) is 17.0 Å². The molecule has 0 saturated heterocycles. The molecule has 6 nitrogen and oxygen atoms in total. The SMILES string of the molecule is Cc1ccc(OCC(=O)NCc2nnc(-c3cccc(C)c3)o2)cc1. The number of benzene rings is 2. The van der Waals surface area contributed by atoms with Crippen molar-refractivity contribution in [3.05, 3.63) is 65.5 Å². The first-order chi connectivity index (χ1) is 12.1. The maximum absolute atomic E-state index is 11.9. The van der Waals surface area contributed by atoms with Gasteiger partial charge in [-0.15, -0.1) is 10.2 Å². The summed E-state index contributed by atoms with van der Waals surface area (Å²) in [6, 6.07) is 15.3. The Kier molecular flexibility index (Phi) is 5.09. The molecule has 128 valence electrons. The second-order valence-electron chi connectivity index (χ2n) is 5.75. The number of carbonyl (C=O) groups excluding carboxylic acids is 1. The summed E-state index contributed by atoms with van der Waals surface area (Å²) in [6.45, 7) is 4.08. The van der Waals surface area contributed by atoms with Gasteiger partial charge in [0.1, 0.15) is 5.75 Å². The molecule has 2 aromatic carbocycles. The molecule has 1 heterocycles. The van der Waals surface area contributed by atoms with Crippen molar-refractivity contribution in [2.45, 2.75) is 20.4 Å². The average Bonchev–Trinajstić information content (AvgIpc) is 3.08. The molecular weight excluding hydrogens is 318 g/mol. The Morgan fingerprint density at radius 3 is 2.64 bits per heavy atom. The number of ether oxygens (including phenoxy) is 1. The first-order valence-corrected chi connectivity index (χ1v) is 7.96. The molecule has 0 bridgehead atoms. The monoisotopic (exact) mass is 337 g/mol. The molecule has 0 spiro atoms. The minimum atomic E-state index is -0.254. The number of rotatable bonds is 6. The van der Waals surface area contributed by atoms with Crippen molar-refractivity contribution < 1.29 is 13.9 Å². The van der Waals surface area contributed by atoms with E-state index in [9.17, 15) is 4.79 Å². The minimum Gasteiger partial charge on any atom is -0.484 e. The molecule has 1 amide bonds. The molecule has 0 atom stereocenters. The number of aryl methyl sites for hydroxylation is 2. The zero-order valence-electron chi connectivity index (χ0n) is 14.2. The summed E-state index contributed by atoms with van der Waals surface area (Å²) in [7, 11) is 0. The molecule has 0 aliphatic rings. The molecule has 0 saturated carbocycles. The van der Waals surface area contributed by atoms with E-state index >= 15 is 0 Å². The maximum atomic E-state index is 11.9. The number of carbonyl (C=O) groups is 1. The summed E-state index contributed by atoms with van der Waals surface area (Å²) in [4.78, 5) is 11.9. The van der Waals surface area contributed by atoms with Crippen molar-refractivity contribution in [1.82, 2.24) is 15.5 Å². The normalized spacial score (nSPS) is 10.5. The smallest absolute Gasteiger partial charge is 0.258 e. The van der Waals surface area contributed by atoms with Gasteiger partial charge in [0.05, 0.1) is 6.54 Å². The number of nitrogens with one attached hydrogen (secondary N) is 1. The van der Waals surface area contributed by atoms with Crippen LogP contribution in [0, 0.1) is 13.8 Å². The Bertz CT molecular complexity index is 856. The van der Waals surface area contributed by atoms with Crippen molar-refractivity contribution in [3.8, 4) is 17.2 Å². The van der Waals surface area contributed by atoms with E-state index in [1.54, 1.807) is 0 Å². The third kappa shape index (κ3) is 4.67. The molecule has 0 aliphatic carbocycles. The number of nitrogens with zero attached hydrogens (tertiary/aromatic N) is 2. The lowest BCUT2D eigenvalue weighted by Gasteiger charge is -2.06. The van der Waals surface area contributed by atoms with E-state index in [0.717, 1.165) is 16.7 Å². The highest BCUT2D eigenvalue weighted by Gasteiger charge is 2.10. The fourth-order valence-corrected chi connectivity index (χ4v) is 2.23. The molecule has 0 radical (unpaired) electrons. The minimum absolute atomic E-state index is 0.0675. The molecule has 6 heteroatoms. The molecule has 3 rings (SSSR count). The summed E-state index contributed by atoms with van der Waals surface area (Å²) >= 11 is 0. The van der Waals surface area contributed by atoms with Gasteiger partial charge in [0.25, 0.3) is 5.91 Å². The lowest BCUT2D eigenvalue weighted by atomic mass is 10.1. The molecule has 0 aliphatic heterocycles. The molecule has 0 fully saturated rings. The van der Waals surface area contributed by atoms with Gasteiger partial charge in [-0.25, -0.2) is 0 Å². The van der Waals surface area contributed by atoms with Crippen molar-refractivity contribution in [2.75, 3.05) is 6.61 Å². The highest BCUT2D eigenvalue weighted by Crippen LogP contribution is 2.18. The standard InChI is InChI=1S/C19H19N3O3/c1-13-6-8-16(9-7-13)24-12-17(23)20-11-18-21-22-19(25-18)15-5-3-4-14(2)10-15/h3-10H,11-12H2,1-2H3,(H,20,23). The summed E-state index contributed by atoms with van der Waals surface area (Å²) in [5.74, 6) is 1.18. The van der Waals surface area contributed by atoms with Gasteiger partial charge in [0, 0.05) is 5.56 Å².